The summed E-state index contributed by atoms with van der Waals surface area (Å²) < 4.78 is 1.54. The lowest BCUT2D eigenvalue weighted by molar-refractivity contribution is 1.10. The van der Waals surface area contributed by atoms with E-state index in [2.05, 4.69) is 4.98 Å². The van der Waals surface area contributed by atoms with Gasteiger partial charge in [0.15, 0.2) is 5.82 Å². The van der Waals surface area contributed by atoms with Gasteiger partial charge in [0.2, 0.25) is 0 Å². The Morgan fingerprint density at radius 3 is 3.08 bits per heavy atom. The number of hydrogen-bond donors (Lipinski definition) is 0. The van der Waals surface area contributed by atoms with Crippen LogP contribution in [0.3, 0.4) is 0 Å². The summed E-state index contributed by atoms with van der Waals surface area (Å²) in [6.45, 7) is 0.602. The van der Waals surface area contributed by atoms with Gasteiger partial charge in [0.1, 0.15) is 0 Å². The molecule has 0 aliphatic carbocycles. The summed E-state index contributed by atoms with van der Waals surface area (Å²) in [6.07, 6.45) is 3.56. The summed E-state index contributed by atoms with van der Waals surface area (Å²) in [5.41, 5.74) is 0.889. The molecule has 1 aromatic rings. The summed E-state index contributed by atoms with van der Waals surface area (Å²) in [5.74, 6) is 0.728. The van der Waals surface area contributed by atoms with Crippen molar-refractivity contribution in [2.45, 2.75) is 0 Å². The number of nitrogens with zero attached hydrogens (tertiary/aromatic N) is 2. The number of anilines is 1. The quantitative estimate of drug-likeness (QED) is 0.599. The average Bonchev–Trinajstić information content (AvgIpc) is 2.12. The zero-order valence-electron chi connectivity index (χ0n) is 6.17. The van der Waals surface area contributed by atoms with Gasteiger partial charge in [-0.15, -0.1) is 0 Å². The fourth-order valence-electron chi connectivity index (χ4n) is 1.13. The predicted octanol–water partition coefficient (Wildman–Crippen LogP) is 2.64. The van der Waals surface area contributed by atoms with Crippen LogP contribution >= 0.6 is 23.4 Å². The zero-order chi connectivity index (χ0) is 8.55. The lowest BCUT2D eigenvalue weighted by Crippen LogP contribution is -2.16. The van der Waals surface area contributed by atoms with Crippen LogP contribution in [0.2, 0.25) is 0 Å². The monoisotopic (exact) mass is 200 g/mol. The second-order valence-corrected chi connectivity index (χ2v) is 3.29. The van der Waals surface area contributed by atoms with Gasteiger partial charge in [-0.1, -0.05) is 11.6 Å². The molecule has 1 aliphatic heterocycles. The van der Waals surface area contributed by atoms with Gasteiger partial charge in [-0.25, -0.2) is 4.98 Å². The second kappa shape index (κ2) is 2.96. The Bertz CT molecular complexity index is 336. The molecule has 2 nitrogen and oxygen atoms in total. The highest BCUT2D eigenvalue weighted by molar-refractivity contribution is 6.50. The molecule has 0 N–H and O–H groups in total. The topological polar surface area (TPSA) is 16.1 Å². The molecule has 1 aromatic heterocycles. The Labute approximate surface area is 80.5 Å². The largest absolute Gasteiger partial charge is 0.264 e. The first-order valence-corrected chi connectivity index (χ1v) is 4.25. The normalized spacial score (nSPS) is 15.5. The van der Waals surface area contributed by atoms with Crippen LogP contribution in [0.4, 0.5) is 5.82 Å². The number of hydrogen-bond acceptors (Lipinski definition) is 2. The first-order valence-electron chi connectivity index (χ1n) is 3.53. The molecular weight excluding hydrogens is 195 g/mol. The zero-order valence-corrected chi connectivity index (χ0v) is 7.68. The Hall–Kier alpha value is -0.730. The van der Waals surface area contributed by atoms with E-state index < -0.39 is 0 Å². The first kappa shape index (κ1) is 7.90. The van der Waals surface area contributed by atoms with Crippen LogP contribution in [-0.4, -0.2) is 11.5 Å². The van der Waals surface area contributed by atoms with Crippen molar-refractivity contribution in [1.82, 2.24) is 4.98 Å². The first-order chi connectivity index (χ1) is 5.79. The van der Waals surface area contributed by atoms with Crippen molar-refractivity contribution in [1.29, 1.82) is 0 Å². The molecule has 1 aliphatic rings. The molecule has 0 bridgehead atoms. The highest BCUT2D eigenvalue weighted by Gasteiger charge is 2.16. The van der Waals surface area contributed by atoms with Gasteiger partial charge in [0, 0.05) is 28.6 Å². The Balaban J connectivity index is 2.58. The SMILES string of the molecule is ClC1=CCN(Cl)c2ncccc21. The van der Waals surface area contributed by atoms with E-state index in [9.17, 15) is 0 Å². The van der Waals surface area contributed by atoms with E-state index in [1.165, 1.54) is 0 Å². The number of aromatic nitrogens is 1. The van der Waals surface area contributed by atoms with Gasteiger partial charge in [-0.05, 0) is 18.2 Å². The molecule has 0 amide bonds. The van der Waals surface area contributed by atoms with E-state index in [0.29, 0.717) is 6.54 Å². The number of halogens is 2. The fraction of sp³-hybridized carbons (Fsp3) is 0.125. The minimum atomic E-state index is 0.602. The minimum absolute atomic E-state index is 0.602. The van der Waals surface area contributed by atoms with Gasteiger partial charge in [-0.3, -0.25) is 4.42 Å². The van der Waals surface area contributed by atoms with Crippen molar-refractivity contribution in [2.24, 2.45) is 0 Å². The molecule has 0 atom stereocenters. The van der Waals surface area contributed by atoms with E-state index >= 15 is 0 Å². The Kier molecular flexibility index (Phi) is 1.95. The number of pyridine rings is 1. The van der Waals surface area contributed by atoms with E-state index in [1.54, 1.807) is 10.6 Å². The van der Waals surface area contributed by atoms with Crippen LogP contribution < -0.4 is 4.42 Å². The molecule has 0 saturated carbocycles. The molecular formula is C8H6Cl2N2. The summed E-state index contributed by atoms with van der Waals surface area (Å²) in [5, 5.41) is 0.718. The maximum Gasteiger partial charge on any atom is 0.152 e. The molecule has 0 spiro atoms. The van der Waals surface area contributed by atoms with E-state index in [1.807, 2.05) is 18.2 Å². The van der Waals surface area contributed by atoms with Crippen LogP contribution in [0.25, 0.3) is 5.03 Å². The summed E-state index contributed by atoms with van der Waals surface area (Å²) in [6, 6.07) is 3.74. The third-order valence-corrected chi connectivity index (χ3v) is 2.36. The molecule has 2 rings (SSSR count). The van der Waals surface area contributed by atoms with Crippen molar-refractivity contribution in [3.63, 3.8) is 0 Å². The molecule has 4 heteroatoms. The third kappa shape index (κ3) is 1.17. The number of rotatable bonds is 0. The molecule has 12 heavy (non-hydrogen) atoms. The van der Waals surface area contributed by atoms with E-state index in [-0.39, 0.29) is 0 Å². The molecule has 0 radical (unpaired) electrons. The second-order valence-electron chi connectivity index (χ2n) is 2.47. The minimum Gasteiger partial charge on any atom is -0.264 e. The van der Waals surface area contributed by atoms with Crippen LogP contribution in [0.5, 0.6) is 0 Å². The van der Waals surface area contributed by atoms with E-state index in [4.69, 9.17) is 23.4 Å². The summed E-state index contributed by atoms with van der Waals surface area (Å²) in [7, 11) is 0. The van der Waals surface area contributed by atoms with E-state index in [0.717, 1.165) is 16.4 Å². The third-order valence-electron chi connectivity index (χ3n) is 1.70. The predicted molar refractivity (Wildman–Crippen MR) is 51.3 cm³/mol. The van der Waals surface area contributed by atoms with Crippen molar-refractivity contribution in [3.05, 3.63) is 30.0 Å². The van der Waals surface area contributed by atoms with Crippen LogP contribution in [0.15, 0.2) is 24.4 Å². The summed E-state index contributed by atoms with van der Waals surface area (Å²) in [4.78, 5) is 4.12. The van der Waals surface area contributed by atoms with Crippen LogP contribution in [0.1, 0.15) is 5.56 Å². The van der Waals surface area contributed by atoms with Crippen LogP contribution in [0, 0.1) is 0 Å². The maximum atomic E-state index is 5.95. The van der Waals surface area contributed by atoms with Crippen molar-refractivity contribution >= 4 is 34.2 Å². The van der Waals surface area contributed by atoms with Gasteiger partial charge in [0.25, 0.3) is 0 Å². The van der Waals surface area contributed by atoms with Gasteiger partial charge >= 0.3 is 0 Å². The van der Waals surface area contributed by atoms with Gasteiger partial charge < -0.3 is 0 Å². The van der Waals surface area contributed by atoms with Crippen LogP contribution in [-0.2, 0) is 0 Å². The van der Waals surface area contributed by atoms with Crippen molar-refractivity contribution in [2.75, 3.05) is 11.0 Å². The highest BCUT2D eigenvalue weighted by Crippen LogP contribution is 2.32. The number of fused-ring (bicyclic) bond motifs is 1. The molecule has 62 valence electrons. The summed E-state index contributed by atoms with van der Waals surface area (Å²) >= 11 is 11.8. The maximum absolute atomic E-state index is 5.95. The highest BCUT2D eigenvalue weighted by atomic mass is 35.5. The molecule has 0 aromatic carbocycles. The molecule has 0 unspecified atom stereocenters. The molecule has 2 heterocycles. The van der Waals surface area contributed by atoms with Crippen molar-refractivity contribution < 1.29 is 0 Å². The Morgan fingerprint density at radius 2 is 2.33 bits per heavy atom. The fourth-order valence-corrected chi connectivity index (χ4v) is 1.55. The lowest BCUT2D eigenvalue weighted by Gasteiger charge is -2.20. The van der Waals surface area contributed by atoms with Gasteiger partial charge in [0.05, 0.1) is 6.54 Å². The standard InChI is InChI=1S/C8H6Cl2N2/c9-7-3-5-12(10)8-6(7)2-1-4-11-8/h1-4H,5H2. The molecule has 0 saturated heterocycles. The molecule has 0 fully saturated rings. The van der Waals surface area contributed by atoms with Crippen molar-refractivity contribution in [3.8, 4) is 0 Å². The lowest BCUT2D eigenvalue weighted by atomic mass is 10.2. The average molecular weight is 201 g/mol. The smallest absolute Gasteiger partial charge is 0.152 e. The Morgan fingerprint density at radius 1 is 1.50 bits per heavy atom. The van der Waals surface area contributed by atoms with Gasteiger partial charge in [-0.2, -0.15) is 0 Å².